The Morgan fingerprint density at radius 1 is 1.36 bits per heavy atom. The van der Waals surface area contributed by atoms with Gasteiger partial charge in [-0.2, -0.15) is 0 Å². The quantitative estimate of drug-likeness (QED) is 0.620. The first-order chi connectivity index (χ1) is 5.20. The summed E-state index contributed by atoms with van der Waals surface area (Å²) in [6.45, 7) is 9.61. The van der Waals surface area contributed by atoms with E-state index < -0.39 is 9.20 Å². The fourth-order valence-corrected chi connectivity index (χ4v) is 2.75. The van der Waals surface area contributed by atoms with Gasteiger partial charge in [-0.3, -0.25) is 0 Å². The minimum atomic E-state index is -1.04. The summed E-state index contributed by atoms with van der Waals surface area (Å²) in [5.74, 6) is 0. The van der Waals surface area contributed by atoms with E-state index in [9.17, 15) is 0 Å². The van der Waals surface area contributed by atoms with E-state index in [1.165, 1.54) is 6.04 Å². The Balaban J connectivity index is 3.41. The maximum Gasteiger partial charge on any atom is 0.252 e. The van der Waals surface area contributed by atoms with Crippen LogP contribution in [0, 0.1) is 0 Å². The van der Waals surface area contributed by atoms with Crippen molar-refractivity contribution in [1.29, 1.82) is 0 Å². The monoisotopic (exact) mass is 175 g/mol. The molecule has 0 amide bonds. The smallest absolute Gasteiger partial charge is 0.252 e. The van der Waals surface area contributed by atoms with Gasteiger partial charge in [-0.15, -0.1) is 0 Å². The molecule has 0 aromatic rings. The molecule has 0 saturated heterocycles. The normalized spacial score (nSPS) is 13.9. The summed E-state index contributed by atoms with van der Waals surface area (Å²) in [4.78, 5) is 3.48. The van der Waals surface area contributed by atoms with Gasteiger partial charge in [-0.05, 0) is 18.5 Å². The summed E-state index contributed by atoms with van der Waals surface area (Å²) in [5, 5.41) is 0. The standard InChI is InChI=1S/C8H21NOSi/c1-5-7-10-11(6-2)9-8(3)4/h8-9,11H,5-7H2,1-4H3. The fourth-order valence-electron chi connectivity index (χ4n) is 0.916. The minimum Gasteiger partial charge on any atom is -0.406 e. The summed E-state index contributed by atoms with van der Waals surface area (Å²) in [6.07, 6.45) is 1.13. The Morgan fingerprint density at radius 3 is 2.36 bits per heavy atom. The van der Waals surface area contributed by atoms with Gasteiger partial charge in [-0.1, -0.05) is 27.7 Å². The first-order valence-electron chi connectivity index (χ1n) is 4.58. The van der Waals surface area contributed by atoms with Crippen molar-refractivity contribution in [3.63, 3.8) is 0 Å². The summed E-state index contributed by atoms with van der Waals surface area (Å²) in [7, 11) is -1.04. The van der Waals surface area contributed by atoms with Crippen molar-refractivity contribution >= 4 is 9.20 Å². The number of rotatable bonds is 6. The van der Waals surface area contributed by atoms with E-state index in [0.29, 0.717) is 6.04 Å². The average Bonchev–Trinajstić information content (AvgIpc) is 1.97. The minimum absolute atomic E-state index is 0.573. The van der Waals surface area contributed by atoms with Crippen LogP contribution in [-0.2, 0) is 4.43 Å². The van der Waals surface area contributed by atoms with Crippen molar-refractivity contribution in [2.24, 2.45) is 0 Å². The third-order valence-electron chi connectivity index (χ3n) is 1.41. The van der Waals surface area contributed by atoms with E-state index in [1.54, 1.807) is 0 Å². The van der Waals surface area contributed by atoms with Crippen LogP contribution < -0.4 is 4.98 Å². The van der Waals surface area contributed by atoms with Crippen LogP contribution in [-0.4, -0.2) is 21.9 Å². The second-order valence-electron chi connectivity index (χ2n) is 3.09. The molecule has 1 unspecified atom stereocenters. The van der Waals surface area contributed by atoms with Crippen molar-refractivity contribution in [2.75, 3.05) is 6.61 Å². The van der Waals surface area contributed by atoms with Crippen LogP contribution >= 0.6 is 0 Å². The molecule has 0 rings (SSSR count). The lowest BCUT2D eigenvalue weighted by Crippen LogP contribution is -2.41. The van der Waals surface area contributed by atoms with Gasteiger partial charge in [0.2, 0.25) is 0 Å². The largest absolute Gasteiger partial charge is 0.406 e. The Morgan fingerprint density at radius 2 is 2.00 bits per heavy atom. The van der Waals surface area contributed by atoms with Crippen LogP contribution in [0.4, 0.5) is 0 Å². The molecule has 1 N–H and O–H groups in total. The molecule has 0 aromatic heterocycles. The Hall–Kier alpha value is 0.137. The Labute approximate surface area is 72.1 Å². The highest BCUT2D eigenvalue weighted by atomic mass is 28.3. The van der Waals surface area contributed by atoms with Crippen LogP contribution in [0.2, 0.25) is 6.04 Å². The van der Waals surface area contributed by atoms with Gasteiger partial charge in [0.15, 0.2) is 0 Å². The SMILES string of the molecule is CCCO[SiH](CC)NC(C)C. The van der Waals surface area contributed by atoms with E-state index in [1.807, 2.05) is 0 Å². The van der Waals surface area contributed by atoms with Gasteiger partial charge in [-0.25, -0.2) is 0 Å². The van der Waals surface area contributed by atoms with Gasteiger partial charge in [0.1, 0.15) is 0 Å². The van der Waals surface area contributed by atoms with Crippen molar-refractivity contribution in [2.45, 2.75) is 46.2 Å². The van der Waals surface area contributed by atoms with Crippen molar-refractivity contribution in [3.8, 4) is 0 Å². The maximum absolute atomic E-state index is 5.68. The lowest BCUT2D eigenvalue weighted by molar-refractivity contribution is 0.308. The van der Waals surface area contributed by atoms with Crippen molar-refractivity contribution in [1.82, 2.24) is 4.98 Å². The van der Waals surface area contributed by atoms with Crippen molar-refractivity contribution < 1.29 is 4.43 Å². The fraction of sp³-hybridized carbons (Fsp3) is 1.00. The van der Waals surface area contributed by atoms with Crippen LogP contribution in [0.1, 0.15) is 34.1 Å². The molecular formula is C8H21NOSi. The Kier molecular flexibility index (Phi) is 6.91. The lowest BCUT2D eigenvalue weighted by atomic mass is 10.4. The summed E-state index contributed by atoms with van der Waals surface area (Å²) < 4.78 is 5.68. The average molecular weight is 175 g/mol. The van der Waals surface area contributed by atoms with Crippen LogP contribution in [0.25, 0.3) is 0 Å². The molecule has 0 aliphatic carbocycles. The molecule has 0 spiro atoms. The van der Waals surface area contributed by atoms with Gasteiger partial charge in [0, 0.05) is 6.61 Å². The zero-order chi connectivity index (χ0) is 8.69. The molecule has 0 aliphatic heterocycles. The van der Waals surface area contributed by atoms with Crippen LogP contribution in [0.15, 0.2) is 0 Å². The molecule has 11 heavy (non-hydrogen) atoms. The van der Waals surface area contributed by atoms with E-state index >= 15 is 0 Å². The third-order valence-corrected chi connectivity index (χ3v) is 3.83. The second kappa shape index (κ2) is 6.82. The molecule has 0 saturated carbocycles. The molecule has 0 aromatic carbocycles. The number of nitrogens with one attached hydrogen (secondary N) is 1. The highest BCUT2D eigenvalue weighted by molar-refractivity contribution is 6.48. The van der Waals surface area contributed by atoms with Gasteiger partial charge in [0.05, 0.1) is 0 Å². The predicted molar refractivity (Wildman–Crippen MR) is 52.1 cm³/mol. The molecule has 2 nitrogen and oxygen atoms in total. The van der Waals surface area contributed by atoms with E-state index in [4.69, 9.17) is 4.43 Å². The number of hydrogen-bond acceptors (Lipinski definition) is 2. The topological polar surface area (TPSA) is 21.3 Å². The van der Waals surface area contributed by atoms with E-state index in [-0.39, 0.29) is 0 Å². The molecule has 0 aliphatic rings. The summed E-state index contributed by atoms with van der Waals surface area (Å²) >= 11 is 0. The zero-order valence-corrected chi connectivity index (χ0v) is 9.34. The first kappa shape index (κ1) is 11.1. The van der Waals surface area contributed by atoms with Crippen LogP contribution in [0.5, 0.6) is 0 Å². The van der Waals surface area contributed by atoms with Crippen molar-refractivity contribution in [3.05, 3.63) is 0 Å². The maximum atomic E-state index is 5.68. The molecule has 0 heterocycles. The highest BCUT2D eigenvalue weighted by Gasteiger charge is 2.08. The van der Waals surface area contributed by atoms with Gasteiger partial charge in [0.25, 0.3) is 9.20 Å². The number of hydrogen-bond donors (Lipinski definition) is 1. The molecule has 68 valence electrons. The van der Waals surface area contributed by atoms with E-state index in [0.717, 1.165) is 13.0 Å². The molecular weight excluding hydrogens is 154 g/mol. The van der Waals surface area contributed by atoms with Crippen LogP contribution in [0.3, 0.4) is 0 Å². The van der Waals surface area contributed by atoms with E-state index in [2.05, 4.69) is 32.7 Å². The second-order valence-corrected chi connectivity index (χ2v) is 5.55. The first-order valence-corrected chi connectivity index (χ1v) is 6.44. The van der Waals surface area contributed by atoms with Gasteiger partial charge < -0.3 is 9.41 Å². The molecule has 0 radical (unpaired) electrons. The Bertz CT molecular complexity index is 88.2. The highest BCUT2D eigenvalue weighted by Crippen LogP contribution is 1.93. The molecule has 3 heteroatoms. The summed E-state index contributed by atoms with van der Waals surface area (Å²) in [6, 6.07) is 1.75. The summed E-state index contributed by atoms with van der Waals surface area (Å²) in [5.41, 5.74) is 0. The lowest BCUT2D eigenvalue weighted by Gasteiger charge is -2.17. The molecule has 1 atom stereocenters. The van der Waals surface area contributed by atoms with Gasteiger partial charge >= 0.3 is 0 Å². The third kappa shape index (κ3) is 6.53. The zero-order valence-electron chi connectivity index (χ0n) is 8.18. The molecule has 0 fully saturated rings. The molecule has 0 bridgehead atoms. The predicted octanol–water partition coefficient (Wildman–Crippen LogP) is 1.65.